The molecule has 0 aliphatic carbocycles. The average molecular weight is 583 g/mol. The molecule has 1 aromatic carbocycles. The number of rotatable bonds is 11. The third kappa shape index (κ3) is 22.5. The Labute approximate surface area is 247 Å². The number of halogens is 3. The molecule has 1 atom stereocenters. The van der Waals surface area contributed by atoms with E-state index in [1.54, 1.807) is 6.08 Å². The van der Waals surface area contributed by atoms with E-state index >= 15 is 0 Å². The van der Waals surface area contributed by atoms with Crippen molar-refractivity contribution in [2.24, 2.45) is 0 Å². The molecule has 1 amide bonds. The summed E-state index contributed by atoms with van der Waals surface area (Å²) in [4.78, 5) is 14.6. The van der Waals surface area contributed by atoms with E-state index in [0.717, 1.165) is 44.0 Å². The van der Waals surface area contributed by atoms with Crippen molar-refractivity contribution in [1.82, 2.24) is 10.2 Å². The Kier molecular flexibility index (Phi) is 23.3. The molecule has 41 heavy (non-hydrogen) atoms. The number of amides is 1. The van der Waals surface area contributed by atoms with Crippen molar-refractivity contribution < 1.29 is 27.4 Å². The van der Waals surface area contributed by atoms with Gasteiger partial charge in [0.25, 0.3) is 0 Å². The number of carbonyl (C=O) groups is 1. The fraction of sp³-hybridized carbons (Fsp3) is 0.606. The normalized spacial score (nSPS) is 12.0. The van der Waals surface area contributed by atoms with Crippen molar-refractivity contribution in [3.63, 3.8) is 0 Å². The van der Waals surface area contributed by atoms with Gasteiger partial charge in [0.2, 0.25) is 5.91 Å². The summed E-state index contributed by atoms with van der Waals surface area (Å²) < 4.78 is 42.3. The molecule has 5 nitrogen and oxygen atoms in total. The number of hydrogen-bond acceptors (Lipinski definition) is 4. The molecule has 1 aliphatic rings. The lowest BCUT2D eigenvalue weighted by Crippen LogP contribution is -2.35. The molecule has 0 aromatic heterocycles. The molecule has 1 aliphatic heterocycles. The van der Waals surface area contributed by atoms with Crippen LogP contribution in [0.15, 0.2) is 42.0 Å². The molecule has 1 heterocycles. The van der Waals surface area contributed by atoms with E-state index in [4.69, 9.17) is 15.9 Å². The third-order valence-electron chi connectivity index (χ3n) is 5.68. The van der Waals surface area contributed by atoms with Crippen LogP contribution in [0.25, 0.3) is 0 Å². The molecule has 0 spiro atoms. The van der Waals surface area contributed by atoms with Crippen LogP contribution < -0.4 is 14.8 Å². The van der Waals surface area contributed by atoms with Crippen LogP contribution >= 0.6 is 0 Å². The zero-order valence-corrected chi connectivity index (χ0v) is 26.5. The third-order valence-corrected chi connectivity index (χ3v) is 5.68. The van der Waals surface area contributed by atoms with Crippen LogP contribution in [-0.4, -0.2) is 49.3 Å². The number of hydrogen-bond donors (Lipinski definition) is 1. The SMILES string of the molecule is C#CCC=C.CC(F)(F)F.CCC.CC[C@@H](CCC(=O)N(CC)CC(C)=C(C)C)NCc1ccc2c(c1)OCCO2. The van der Waals surface area contributed by atoms with E-state index in [1.807, 2.05) is 24.0 Å². The van der Waals surface area contributed by atoms with E-state index in [2.05, 4.69) is 65.4 Å². The van der Waals surface area contributed by atoms with Gasteiger partial charge >= 0.3 is 6.18 Å². The number of benzene rings is 1. The van der Waals surface area contributed by atoms with Gasteiger partial charge in [0.05, 0.1) is 0 Å². The van der Waals surface area contributed by atoms with Gasteiger partial charge in [0.15, 0.2) is 11.5 Å². The lowest BCUT2D eigenvalue weighted by Gasteiger charge is -2.24. The number of likely N-dealkylation sites (N-methyl/N-ethyl adjacent to an activating group) is 1. The summed E-state index contributed by atoms with van der Waals surface area (Å²) in [6.07, 6.45) is 6.87. The van der Waals surface area contributed by atoms with Crippen LogP contribution in [0.5, 0.6) is 11.5 Å². The molecule has 1 aromatic rings. The number of nitrogens with one attached hydrogen (secondary N) is 1. The van der Waals surface area contributed by atoms with Crippen molar-refractivity contribution in [1.29, 1.82) is 0 Å². The summed E-state index contributed by atoms with van der Waals surface area (Å²) in [6.45, 7) is 21.8. The van der Waals surface area contributed by atoms with Crippen molar-refractivity contribution in [3.05, 3.63) is 47.6 Å². The maximum absolute atomic E-state index is 12.6. The Hall–Kier alpha value is -2.92. The van der Waals surface area contributed by atoms with E-state index < -0.39 is 6.18 Å². The minimum atomic E-state index is -4.00. The van der Waals surface area contributed by atoms with Crippen LogP contribution in [0.1, 0.15) is 93.1 Å². The van der Waals surface area contributed by atoms with Crippen LogP contribution in [0.4, 0.5) is 13.2 Å². The average Bonchev–Trinajstić information content (AvgIpc) is 2.91. The highest BCUT2D eigenvalue weighted by molar-refractivity contribution is 5.76. The van der Waals surface area contributed by atoms with E-state index in [1.165, 1.54) is 23.1 Å². The second-order valence-electron chi connectivity index (χ2n) is 9.88. The Morgan fingerprint density at radius 2 is 1.71 bits per heavy atom. The van der Waals surface area contributed by atoms with E-state index in [9.17, 15) is 18.0 Å². The highest BCUT2D eigenvalue weighted by Gasteiger charge is 2.17. The number of carbonyl (C=O) groups excluding carboxylic acids is 1. The maximum Gasteiger partial charge on any atom is 0.386 e. The fourth-order valence-corrected chi connectivity index (χ4v) is 3.27. The minimum Gasteiger partial charge on any atom is -0.486 e. The maximum atomic E-state index is 12.6. The molecule has 234 valence electrons. The quantitative estimate of drug-likeness (QED) is 0.210. The molecule has 0 saturated heterocycles. The predicted molar refractivity (Wildman–Crippen MR) is 165 cm³/mol. The van der Waals surface area contributed by atoms with Gasteiger partial charge in [-0.25, -0.2) is 0 Å². The Bertz CT molecular complexity index is 927. The van der Waals surface area contributed by atoms with Crippen molar-refractivity contribution >= 4 is 5.91 Å². The number of allylic oxidation sites excluding steroid dienone is 2. The van der Waals surface area contributed by atoms with Gasteiger partial charge in [-0.15, -0.1) is 18.9 Å². The molecule has 0 saturated carbocycles. The largest absolute Gasteiger partial charge is 0.486 e. The first-order valence-electron chi connectivity index (χ1n) is 14.4. The molecule has 2 rings (SSSR count). The Morgan fingerprint density at radius 3 is 2.15 bits per heavy atom. The summed E-state index contributed by atoms with van der Waals surface area (Å²) in [5.41, 5.74) is 3.74. The standard InChI is InChI=1S/C23H36N2O3.C5H6.C3H8.C2H3F3/c1-6-20(9-11-23(26)25(7-2)16-18(5)17(3)4)24-15-19-8-10-21-22(14-19)28-13-12-27-21;1-3-5-4-2;1-3-2;1-2(3,4)5/h8,10,14,20,24H,6-7,9,11-13,15-16H2,1-5H3;1,4H,2,5H2;3H2,1-2H3;1H3/t20-;;;/m0.../s1. The molecule has 0 bridgehead atoms. The molecule has 0 fully saturated rings. The summed E-state index contributed by atoms with van der Waals surface area (Å²) in [5.74, 6) is 4.28. The molecule has 1 N–H and O–H groups in total. The minimum absolute atomic E-state index is 0.188. The zero-order valence-electron chi connectivity index (χ0n) is 26.5. The zero-order chi connectivity index (χ0) is 31.8. The topological polar surface area (TPSA) is 50.8 Å². The van der Waals surface area contributed by atoms with E-state index in [-0.39, 0.29) is 12.8 Å². The highest BCUT2D eigenvalue weighted by Crippen LogP contribution is 2.30. The molecular weight excluding hydrogens is 529 g/mol. The summed E-state index contributed by atoms with van der Waals surface area (Å²) in [5, 5.41) is 3.59. The smallest absolute Gasteiger partial charge is 0.386 e. The molecule has 8 heteroatoms. The van der Waals surface area contributed by atoms with Gasteiger partial charge in [0.1, 0.15) is 13.2 Å². The predicted octanol–water partition coefficient (Wildman–Crippen LogP) is 8.49. The van der Waals surface area contributed by atoms with Crippen LogP contribution in [0, 0.1) is 12.3 Å². The number of ether oxygens (including phenoxy) is 2. The van der Waals surface area contributed by atoms with Gasteiger partial charge in [-0.2, -0.15) is 13.2 Å². The molecular formula is C33H53F3N2O3. The summed E-state index contributed by atoms with van der Waals surface area (Å²) in [7, 11) is 0. The number of terminal acetylenes is 1. The van der Waals surface area contributed by atoms with Crippen LogP contribution in [0.2, 0.25) is 0 Å². The summed E-state index contributed by atoms with van der Waals surface area (Å²) in [6, 6.07) is 6.40. The lowest BCUT2D eigenvalue weighted by molar-refractivity contribution is -0.130. The van der Waals surface area contributed by atoms with E-state index in [0.29, 0.717) is 32.1 Å². The van der Waals surface area contributed by atoms with Gasteiger partial charge < -0.3 is 19.7 Å². The number of nitrogens with zero attached hydrogens (tertiary/aromatic N) is 1. The van der Waals surface area contributed by atoms with Crippen LogP contribution in [0.3, 0.4) is 0 Å². The van der Waals surface area contributed by atoms with Gasteiger partial charge in [-0.1, -0.05) is 50.5 Å². The Balaban J connectivity index is 0. The molecule has 0 unspecified atom stereocenters. The second-order valence-corrected chi connectivity index (χ2v) is 9.88. The summed E-state index contributed by atoms with van der Waals surface area (Å²) >= 11 is 0. The lowest BCUT2D eigenvalue weighted by atomic mass is 10.1. The van der Waals surface area contributed by atoms with Crippen molar-refractivity contribution in [2.45, 2.75) is 106 Å². The van der Waals surface area contributed by atoms with Gasteiger partial charge in [-0.05, 0) is 58.2 Å². The first kappa shape index (κ1) is 40.2. The highest BCUT2D eigenvalue weighted by atomic mass is 19.4. The van der Waals surface area contributed by atoms with Crippen molar-refractivity contribution in [2.75, 3.05) is 26.3 Å². The van der Waals surface area contributed by atoms with Crippen LogP contribution in [-0.2, 0) is 11.3 Å². The first-order chi connectivity index (χ1) is 19.3. The first-order valence-corrected chi connectivity index (χ1v) is 14.4. The number of alkyl halides is 3. The second kappa shape index (κ2) is 23.8. The molecule has 0 radical (unpaired) electrons. The fourth-order valence-electron chi connectivity index (χ4n) is 3.27. The van der Waals surface area contributed by atoms with Crippen molar-refractivity contribution in [3.8, 4) is 23.8 Å². The number of fused-ring (bicyclic) bond motifs is 1. The van der Waals surface area contributed by atoms with Gasteiger partial charge in [0, 0.05) is 45.4 Å². The van der Waals surface area contributed by atoms with Gasteiger partial charge in [-0.3, -0.25) is 4.79 Å². The monoisotopic (exact) mass is 582 g/mol. The Morgan fingerprint density at radius 1 is 1.15 bits per heavy atom.